The summed E-state index contributed by atoms with van der Waals surface area (Å²) in [4.78, 5) is 31.7. The number of thiophene rings is 1. The van der Waals surface area contributed by atoms with Crippen LogP contribution in [0.25, 0.3) is 5.69 Å². The first kappa shape index (κ1) is 26.0. The van der Waals surface area contributed by atoms with Gasteiger partial charge in [0.1, 0.15) is 23.1 Å². The molecule has 5 aromatic rings. The Morgan fingerprint density at radius 3 is 2.18 bits per heavy atom. The lowest BCUT2D eigenvalue weighted by Gasteiger charge is -2.23. The average molecular weight is 554 g/mol. The molecule has 0 aliphatic heterocycles. The van der Waals surface area contributed by atoms with Gasteiger partial charge in [-0.05, 0) is 66.0 Å². The molecule has 0 N–H and O–H groups in total. The number of alkyl halides is 3. The second kappa shape index (κ2) is 10.3. The Hall–Kier alpha value is -4.64. The van der Waals surface area contributed by atoms with E-state index in [4.69, 9.17) is 0 Å². The number of aromatic nitrogens is 2. The van der Waals surface area contributed by atoms with E-state index < -0.39 is 40.5 Å². The van der Waals surface area contributed by atoms with Crippen LogP contribution in [0.3, 0.4) is 0 Å². The van der Waals surface area contributed by atoms with Gasteiger partial charge in [-0.25, -0.2) is 13.8 Å². The number of para-hydroxylation sites is 1. The highest BCUT2D eigenvalue weighted by atomic mass is 32.1. The van der Waals surface area contributed by atoms with Crippen LogP contribution in [0.15, 0.2) is 96.8 Å². The fourth-order valence-electron chi connectivity index (χ4n) is 3.94. The quantitative estimate of drug-likeness (QED) is 0.162. The Labute approximate surface area is 222 Å². The van der Waals surface area contributed by atoms with Crippen LogP contribution >= 0.6 is 11.3 Å². The van der Waals surface area contributed by atoms with E-state index in [2.05, 4.69) is 4.98 Å². The summed E-state index contributed by atoms with van der Waals surface area (Å²) in [5.74, 6) is -4.08. The number of hydrogen-bond acceptors (Lipinski definition) is 4. The maximum absolute atomic E-state index is 14.8. The van der Waals surface area contributed by atoms with Crippen molar-refractivity contribution < 1.29 is 31.5 Å². The van der Waals surface area contributed by atoms with E-state index in [1.54, 1.807) is 40.5 Å². The van der Waals surface area contributed by atoms with Gasteiger partial charge in [-0.3, -0.25) is 14.5 Å². The molecule has 0 unspecified atom stereocenters. The van der Waals surface area contributed by atoms with Crippen LogP contribution in [-0.4, -0.2) is 21.2 Å². The maximum Gasteiger partial charge on any atom is 0.416 e. The maximum atomic E-state index is 14.8. The van der Waals surface area contributed by atoms with Crippen LogP contribution in [0.4, 0.5) is 33.5 Å². The van der Waals surface area contributed by atoms with Gasteiger partial charge in [0.15, 0.2) is 0 Å². The van der Waals surface area contributed by atoms with Crippen LogP contribution < -0.4 is 4.90 Å². The van der Waals surface area contributed by atoms with Crippen molar-refractivity contribution in [3.8, 4) is 5.69 Å². The Bertz CT molecular complexity index is 1640. The van der Waals surface area contributed by atoms with Gasteiger partial charge in [-0.2, -0.15) is 13.2 Å². The van der Waals surface area contributed by atoms with Crippen LogP contribution in [0.2, 0.25) is 0 Å². The SMILES string of the molecule is O=C(c1ccc(N(C(=O)c2cccc(C(F)(F)F)c2)c2c(F)cccc2F)nc1)c1sccc1-n1cccc1. The summed E-state index contributed by atoms with van der Waals surface area (Å²) in [6.45, 7) is 0. The fraction of sp³-hybridized carbons (Fsp3) is 0.0357. The Kier molecular flexibility index (Phi) is 6.83. The molecule has 11 heteroatoms. The van der Waals surface area contributed by atoms with Gasteiger partial charge in [-0.15, -0.1) is 11.3 Å². The van der Waals surface area contributed by atoms with Crippen molar-refractivity contribution in [3.63, 3.8) is 0 Å². The van der Waals surface area contributed by atoms with E-state index in [9.17, 15) is 31.5 Å². The first-order valence-electron chi connectivity index (χ1n) is 11.3. The molecule has 3 heterocycles. The van der Waals surface area contributed by atoms with Gasteiger partial charge in [0.2, 0.25) is 5.78 Å². The normalized spacial score (nSPS) is 11.4. The second-order valence-electron chi connectivity index (χ2n) is 8.25. The highest BCUT2D eigenvalue weighted by Crippen LogP contribution is 2.34. The number of anilines is 2. The zero-order valence-electron chi connectivity index (χ0n) is 19.7. The van der Waals surface area contributed by atoms with Crippen LogP contribution in [0.5, 0.6) is 0 Å². The lowest BCUT2D eigenvalue weighted by molar-refractivity contribution is -0.137. The monoisotopic (exact) mass is 553 g/mol. The van der Waals surface area contributed by atoms with Gasteiger partial charge in [0, 0.05) is 29.7 Å². The summed E-state index contributed by atoms with van der Waals surface area (Å²) < 4.78 is 71.2. The topological polar surface area (TPSA) is 55.2 Å². The van der Waals surface area contributed by atoms with Crippen LogP contribution in [0, 0.1) is 11.6 Å². The molecule has 0 aliphatic rings. The van der Waals surface area contributed by atoms with E-state index >= 15 is 0 Å². The molecule has 0 spiro atoms. The molecule has 5 nitrogen and oxygen atoms in total. The summed E-state index contributed by atoms with van der Waals surface area (Å²) in [6.07, 6.45) is -0.0469. The minimum atomic E-state index is -4.74. The van der Waals surface area contributed by atoms with E-state index in [0.29, 0.717) is 21.5 Å². The van der Waals surface area contributed by atoms with Crippen LogP contribution in [-0.2, 0) is 6.18 Å². The first-order valence-corrected chi connectivity index (χ1v) is 12.2. The molecule has 0 fully saturated rings. The second-order valence-corrected chi connectivity index (χ2v) is 9.16. The summed E-state index contributed by atoms with van der Waals surface area (Å²) in [7, 11) is 0. The third-order valence-corrected chi connectivity index (χ3v) is 6.68. The highest BCUT2D eigenvalue weighted by Gasteiger charge is 2.33. The predicted octanol–water partition coefficient (Wildman–Crippen LogP) is 7.44. The molecule has 3 aromatic heterocycles. The number of carbonyl (C=O) groups excluding carboxylic acids is 2. The number of amides is 1. The number of ketones is 1. The largest absolute Gasteiger partial charge is 0.416 e. The van der Waals surface area contributed by atoms with Crippen molar-refractivity contribution >= 4 is 34.5 Å². The van der Waals surface area contributed by atoms with Crippen molar-refractivity contribution in [2.45, 2.75) is 6.18 Å². The number of benzene rings is 2. The van der Waals surface area contributed by atoms with Gasteiger partial charge >= 0.3 is 6.18 Å². The van der Waals surface area contributed by atoms with E-state index in [-0.39, 0.29) is 17.2 Å². The molecule has 39 heavy (non-hydrogen) atoms. The lowest BCUT2D eigenvalue weighted by atomic mass is 10.1. The standard InChI is InChI=1S/C28H16F5N3O2S/c29-20-7-4-8-21(30)24(20)36(27(38)17-5-3-6-19(15-17)28(31,32)33)23-10-9-18(16-34-23)25(37)26-22(11-14-39-26)35-12-1-2-13-35/h1-16H. The smallest absolute Gasteiger partial charge is 0.322 e. The van der Waals surface area contributed by atoms with Gasteiger partial charge in [0.05, 0.1) is 16.1 Å². The molecule has 196 valence electrons. The third kappa shape index (κ3) is 5.08. The number of rotatable bonds is 6. The molecular formula is C28H16F5N3O2S. The zero-order chi connectivity index (χ0) is 27.7. The van der Waals surface area contributed by atoms with Crippen molar-refractivity contribution in [1.82, 2.24) is 9.55 Å². The number of pyridine rings is 1. The molecule has 1 amide bonds. The molecule has 0 saturated carbocycles. The van der Waals surface area contributed by atoms with Gasteiger partial charge < -0.3 is 4.57 Å². The van der Waals surface area contributed by atoms with E-state index in [1.807, 2.05) is 0 Å². The number of halogens is 5. The van der Waals surface area contributed by atoms with Gasteiger partial charge in [-0.1, -0.05) is 12.1 Å². The summed E-state index contributed by atoms with van der Waals surface area (Å²) in [6, 6.07) is 14.3. The summed E-state index contributed by atoms with van der Waals surface area (Å²) in [5.41, 5.74) is -1.61. The minimum absolute atomic E-state index is 0.134. The van der Waals surface area contributed by atoms with Crippen molar-refractivity contribution in [3.05, 3.63) is 130 Å². The van der Waals surface area contributed by atoms with Crippen LogP contribution in [0.1, 0.15) is 31.2 Å². The average Bonchev–Trinajstić information content (AvgIpc) is 3.62. The van der Waals surface area contributed by atoms with E-state index in [1.165, 1.54) is 23.5 Å². The highest BCUT2D eigenvalue weighted by molar-refractivity contribution is 7.12. The molecule has 5 rings (SSSR count). The molecule has 0 bridgehead atoms. The van der Waals surface area contributed by atoms with Crippen molar-refractivity contribution in [2.75, 3.05) is 4.90 Å². The summed E-state index contributed by atoms with van der Waals surface area (Å²) >= 11 is 1.21. The molecule has 2 aromatic carbocycles. The lowest BCUT2D eigenvalue weighted by Crippen LogP contribution is -2.29. The first-order chi connectivity index (χ1) is 18.6. The molecule has 0 saturated heterocycles. The third-order valence-electron chi connectivity index (χ3n) is 5.77. The minimum Gasteiger partial charge on any atom is -0.322 e. The van der Waals surface area contributed by atoms with E-state index in [0.717, 1.165) is 42.6 Å². The number of nitrogens with zero attached hydrogens (tertiary/aromatic N) is 3. The fourth-order valence-corrected chi connectivity index (χ4v) is 4.79. The zero-order valence-corrected chi connectivity index (χ0v) is 20.5. The number of carbonyl (C=O) groups is 2. The predicted molar refractivity (Wildman–Crippen MR) is 136 cm³/mol. The number of hydrogen-bond donors (Lipinski definition) is 0. The van der Waals surface area contributed by atoms with Gasteiger partial charge in [0.25, 0.3) is 5.91 Å². The summed E-state index contributed by atoms with van der Waals surface area (Å²) in [5, 5.41) is 1.75. The van der Waals surface area contributed by atoms with Crippen molar-refractivity contribution in [2.24, 2.45) is 0 Å². The Morgan fingerprint density at radius 1 is 0.846 bits per heavy atom. The molecule has 0 aliphatic carbocycles. The molecule has 0 atom stereocenters. The Morgan fingerprint density at radius 2 is 1.54 bits per heavy atom. The molecular weight excluding hydrogens is 537 g/mol. The van der Waals surface area contributed by atoms with Crippen molar-refractivity contribution in [1.29, 1.82) is 0 Å². The Balaban J connectivity index is 1.55. The molecule has 0 radical (unpaired) electrons.